The number of ether oxygens (including phenoxy) is 1. The Hall–Kier alpha value is -4.49. The van der Waals surface area contributed by atoms with Gasteiger partial charge < -0.3 is 14.3 Å². The maximum absolute atomic E-state index is 14.4. The van der Waals surface area contributed by atoms with Crippen molar-refractivity contribution in [3.05, 3.63) is 119 Å². The number of cyclic esters (lactones) is 1. The third-order valence-electron chi connectivity index (χ3n) is 9.10. The summed E-state index contributed by atoms with van der Waals surface area (Å²) >= 11 is 0. The van der Waals surface area contributed by atoms with Gasteiger partial charge in [0.25, 0.3) is 0 Å². The maximum Gasteiger partial charge on any atom is 0.417 e. The molecule has 1 saturated heterocycles. The van der Waals surface area contributed by atoms with Gasteiger partial charge in [0.05, 0.1) is 6.04 Å². The molecule has 1 fully saturated rings. The summed E-state index contributed by atoms with van der Waals surface area (Å²) in [6.45, 7) is 2.37. The van der Waals surface area contributed by atoms with Gasteiger partial charge in [-0.1, -0.05) is 129 Å². The molecular weight excluding hydrogens is 602 g/mol. The number of imide groups is 1. The van der Waals surface area contributed by atoms with Crippen LogP contribution in [0.3, 0.4) is 0 Å². The normalized spacial score (nSPS) is 15.0. The van der Waals surface area contributed by atoms with E-state index in [2.05, 4.69) is 6.07 Å². The number of rotatable bonds is 18. The lowest BCUT2D eigenvalue weighted by molar-refractivity contribution is -0.131. The quantitative estimate of drug-likeness (QED) is 0.0659. The summed E-state index contributed by atoms with van der Waals surface area (Å²) in [6.07, 6.45) is 9.03. The average Bonchev–Trinajstić information content (AvgIpc) is 3.70. The van der Waals surface area contributed by atoms with E-state index >= 15 is 0 Å². The van der Waals surface area contributed by atoms with E-state index in [0.29, 0.717) is 12.8 Å². The minimum atomic E-state index is -1.16. The first-order valence-electron chi connectivity index (χ1n) is 17.4. The molecule has 48 heavy (non-hydrogen) atoms. The predicted octanol–water partition coefficient (Wildman–Crippen LogP) is 8.54. The molecule has 0 radical (unpaired) electrons. The molecular formula is C41H47NO6. The summed E-state index contributed by atoms with van der Waals surface area (Å²) in [6, 6.07) is 28.5. The molecule has 0 saturated carbocycles. The summed E-state index contributed by atoms with van der Waals surface area (Å²) in [5.41, 5.74) is 4.72. The number of ketones is 1. The number of nitrogens with zero attached hydrogens (tertiary/aromatic N) is 1. The highest BCUT2D eigenvalue weighted by Gasteiger charge is 2.44. The summed E-state index contributed by atoms with van der Waals surface area (Å²) in [4.78, 5) is 42.8. The molecule has 0 aliphatic carbocycles. The molecule has 7 nitrogen and oxygen atoms in total. The largest absolute Gasteiger partial charge is 0.457 e. The summed E-state index contributed by atoms with van der Waals surface area (Å²) in [5, 5.41) is 8.98. The summed E-state index contributed by atoms with van der Waals surface area (Å²) in [5.74, 6) is -1.30. The number of carbonyl (C=O) groups is 3. The lowest BCUT2D eigenvalue weighted by Crippen LogP contribution is -2.46. The second-order valence-corrected chi connectivity index (χ2v) is 12.9. The van der Waals surface area contributed by atoms with Gasteiger partial charge in [-0.05, 0) is 55.4 Å². The van der Waals surface area contributed by atoms with Crippen LogP contribution in [-0.4, -0.2) is 47.0 Å². The smallest absolute Gasteiger partial charge is 0.417 e. The number of aryl methyl sites for hydroxylation is 2. The number of furan rings is 1. The molecule has 2 amide bonds. The van der Waals surface area contributed by atoms with Crippen LogP contribution in [0.15, 0.2) is 95.4 Å². The van der Waals surface area contributed by atoms with Crippen molar-refractivity contribution in [2.45, 2.75) is 83.6 Å². The third-order valence-corrected chi connectivity index (χ3v) is 9.10. The van der Waals surface area contributed by atoms with E-state index in [1.807, 2.05) is 85.8 Å². The Morgan fingerprint density at radius 2 is 1.46 bits per heavy atom. The van der Waals surface area contributed by atoms with Gasteiger partial charge in [0, 0.05) is 18.6 Å². The number of hydrogen-bond donors (Lipinski definition) is 1. The molecule has 1 aromatic heterocycles. The average molecular weight is 650 g/mol. The summed E-state index contributed by atoms with van der Waals surface area (Å²) in [7, 11) is 0. The fourth-order valence-corrected chi connectivity index (χ4v) is 6.50. The van der Waals surface area contributed by atoms with E-state index in [1.54, 1.807) is 6.07 Å². The van der Waals surface area contributed by atoms with E-state index < -0.39 is 29.7 Å². The van der Waals surface area contributed by atoms with Crippen molar-refractivity contribution in [1.82, 2.24) is 4.90 Å². The molecule has 2 atom stereocenters. The molecule has 0 spiro atoms. The molecule has 7 heteroatoms. The van der Waals surface area contributed by atoms with Gasteiger partial charge in [-0.25, -0.2) is 9.69 Å². The lowest BCUT2D eigenvalue weighted by atomic mass is 9.91. The number of carbonyl (C=O) groups excluding carboxylic acids is 3. The van der Waals surface area contributed by atoms with Gasteiger partial charge >= 0.3 is 6.09 Å². The topological polar surface area (TPSA) is 97.1 Å². The van der Waals surface area contributed by atoms with Crippen molar-refractivity contribution < 1.29 is 28.6 Å². The standard InChI is InChI=1S/C41H47NO6/c1-30-17-16-22-33(25-30)35-28-38(48-37(35)23-14-6-4-2-3-5-7-15-24-43)39(44)36(27-32-20-12-9-13-21-32)40(45)42-34(29-47-41(42)46)26-31-18-10-8-11-19-31/h8-13,16-22,25,28,34,36,43H,2-7,14-15,23-24,26-27,29H2,1H3/t34-,36+/m0/s1. The third kappa shape index (κ3) is 9.32. The van der Waals surface area contributed by atoms with Gasteiger partial charge in [-0.3, -0.25) is 9.59 Å². The number of aliphatic hydroxyl groups is 1. The first kappa shape index (κ1) is 34.8. The highest BCUT2D eigenvalue weighted by atomic mass is 16.6. The second-order valence-electron chi connectivity index (χ2n) is 12.9. The Labute approximate surface area is 283 Å². The zero-order valence-electron chi connectivity index (χ0n) is 27.9. The van der Waals surface area contributed by atoms with E-state index in [0.717, 1.165) is 83.4 Å². The molecule has 2 heterocycles. The van der Waals surface area contributed by atoms with Crippen LogP contribution >= 0.6 is 0 Å². The fourth-order valence-electron chi connectivity index (χ4n) is 6.50. The maximum atomic E-state index is 14.4. The van der Waals surface area contributed by atoms with Crippen LogP contribution in [0, 0.1) is 12.8 Å². The van der Waals surface area contributed by atoms with Crippen molar-refractivity contribution in [1.29, 1.82) is 0 Å². The van der Waals surface area contributed by atoms with Gasteiger partial charge in [0.1, 0.15) is 18.3 Å². The van der Waals surface area contributed by atoms with E-state index in [1.165, 1.54) is 6.42 Å². The molecule has 0 bridgehead atoms. The van der Waals surface area contributed by atoms with Crippen LogP contribution in [0.2, 0.25) is 0 Å². The minimum Gasteiger partial charge on any atom is -0.457 e. The molecule has 5 rings (SSSR count). The van der Waals surface area contributed by atoms with E-state index in [4.69, 9.17) is 14.3 Å². The highest BCUT2D eigenvalue weighted by molar-refractivity contribution is 6.12. The van der Waals surface area contributed by atoms with Gasteiger partial charge in [-0.15, -0.1) is 0 Å². The fraction of sp³-hybridized carbons (Fsp3) is 0.390. The number of aliphatic hydroxyl groups excluding tert-OH is 1. The van der Waals surface area contributed by atoms with Crippen LogP contribution in [0.25, 0.3) is 11.1 Å². The molecule has 1 aliphatic rings. The first-order chi connectivity index (χ1) is 23.4. The molecule has 1 N–H and O–H groups in total. The zero-order valence-corrected chi connectivity index (χ0v) is 27.9. The van der Waals surface area contributed by atoms with Crippen molar-refractivity contribution in [2.75, 3.05) is 13.2 Å². The monoisotopic (exact) mass is 649 g/mol. The van der Waals surface area contributed by atoms with E-state index in [9.17, 15) is 14.4 Å². The molecule has 1 aliphatic heterocycles. The molecule has 4 aromatic rings. The Balaban J connectivity index is 1.38. The highest BCUT2D eigenvalue weighted by Crippen LogP contribution is 2.32. The number of unbranched alkanes of at least 4 members (excludes halogenated alkanes) is 7. The van der Waals surface area contributed by atoms with Crippen LogP contribution in [0.4, 0.5) is 4.79 Å². The molecule has 3 aromatic carbocycles. The second kappa shape index (κ2) is 17.6. The van der Waals surface area contributed by atoms with E-state index in [-0.39, 0.29) is 25.4 Å². The van der Waals surface area contributed by atoms with Crippen molar-refractivity contribution >= 4 is 17.8 Å². The predicted molar refractivity (Wildman–Crippen MR) is 187 cm³/mol. The van der Waals surface area contributed by atoms with Crippen LogP contribution < -0.4 is 0 Å². The Bertz CT molecular complexity index is 1630. The van der Waals surface area contributed by atoms with Crippen molar-refractivity contribution in [3.8, 4) is 11.1 Å². The number of benzene rings is 3. The molecule has 0 unspecified atom stereocenters. The first-order valence-corrected chi connectivity index (χ1v) is 17.4. The van der Waals surface area contributed by atoms with Crippen LogP contribution in [0.1, 0.15) is 84.4 Å². The van der Waals surface area contributed by atoms with Gasteiger partial charge in [0.2, 0.25) is 11.7 Å². The Morgan fingerprint density at radius 1 is 0.812 bits per heavy atom. The number of hydrogen-bond acceptors (Lipinski definition) is 6. The minimum absolute atomic E-state index is 0.0801. The number of Topliss-reactive ketones (excluding diaryl/α,β-unsaturated/α-hetero) is 1. The Morgan fingerprint density at radius 3 is 2.12 bits per heavy atom. The lowest BCUT2D eigenvalue weighted by Gasteiger charge is -2.24. The summed E-state index contributed by atoms with van der Waals surface area (Å²) < 4.78 is 11.7. The van der Waals surface area contributed by atoms with Crippen molar-refractivity contribution in [2.24, 2.45) is 5.92 Å². The number of amides is 2. The van der Waals surface area contributed by atoms with Gasteiger partial charge in [0.15, 0.2) is 5.76 Å². The van der Waals surface area contributed by atoms with Gasteiger partial charge in [-0.2, -0.15) is 0 Å². The Kier molecular flexibility index (Phi) is 12.8. The SMILES string of the molecule is Cc1cccc(-c2cc(C(=O)[C@@H](Cc3ccccc3)C(=O)N3C(=O)OC[C@@H]3Cc3ccccc3)oc2CCCCCCCCCCO)c1. The van der Waals surface area contributed by atoms with Crippen molar-refractivity contribution in [3.63, 3.8) is 0 Å². The van der Waals surface area contributed by atoms with Crippen LogP contribution in [0.5, 0.6) is 0 Å². The zero-order chi connectivity index (χ0) is 33.7. The molecule has 252 valence electrons. The van der Waals surface area contributed by atoms with Crippen LogP contribution in [-0.2, 0) is 28.8 Å².